The zero-order valence-corrected chi connectivity index (χ0v) is 20.5. The minimum Gasteiger partial charge on any atom is -0.325 e. The summed E-state index contributed by atoms with van der Waals surface area (Å²) in [4.78, 5) is 12.8. The maximum absolute atomic E-state index is 13.2. The van der Waals surface area contributed by atoms with Crippen LogP contribution in [0.15, 0.2) is 71.6 Å². The fourth-order valence-corrected chi connectivity index (χ4v) is 5.50. The largest absolute Gasteiger partial charge is 0.416 e. The fourth-order valence-electron chi connectivity index (χ4n) is 3.54. The fraction of sp³-hybridized carbons (Fsp3) is 0.174. The van der Waals surface area contributed by atoms with Gasteiger partial charge in [-0.05, 0) is 42.3 Å². The van der Waals surface area contributed by atoms with Crippen molar-refractivity contribution >= 4 is 44.4 Å². The molecule has 1 unspecified atom stereocenters. The maximum Gasteiger partial charge on any atom is 0.416 e. The van der Waals surface area contributed by atoms with E-state index >= 15 is 0 Å². The summed E-state index contributed by atoms with van der Waals surface area (Å²) in [7, 11) is -4.44. The van der Waals surface area contributed by atoms with Gasteiger partial charge in [0.1, 0.15) is 22.0 Å². The number of carbonyl (C=O) groups is 1. The van der Waals surface area contributed by atoms with E-state index in [1.807, 2.05) is 5.32 Å². The van der Waals surface area contributed by atoms with Crippen molar-refractivity contribution in [3.05, 3.63) is 83.4 Å². The van der Waals surface area contributed by atoms with Crippen molar-refractivity contribution in [2.75, 3.05) is 5.32 Å². The van der Waals surface area contributed by atoms with Crippen LogP contribution in [0.2, 0.25) is 0 Å². The van der Waals surface area contributed by atoms with Crippen molar-refractivity contribution in [1.82, 2.24) is 13.5 Å². The molecule has 0 fully saturated rings. The Bertz CT molecular complexity index is 1540. The summed E-state index contributed by atoms with van der Waals surface area (Å²) in [5, 5.41) is 2.00. The molecule has 7 nitrogen and oxygen atoms in total. The molecule has 1 heterocycles. The van der Waals surface area contributed by atoms with Gasteiger partial charge in [0, 0.05) is 5.69 Å². The third-order valence-electron chi connectivity index (χ3n) is 5.29. The van der Waals surface area contributed by atoms with Crippen LogP contribution in [0.5, 0.6) is 0 Å². The number of fused-ring (bicyclic) bond motifs is 1. The average molecular weight is 575 g/mol. The summed E-state index contributed by atoms with van der Waals surface area (Å²) in [5.41, 5.74) is -3.28. The molecule has 1 aromatic heterocycles. The van der Waals surface area contributed by atoms with Crippen LogP contribution in [0, 0.1) is 0 Å². The first-order valence-electron chi connectivity index (χ1n) is 10.6. The zero-order chi connectivity index (χ0) is 27.7. The average Bonchev–Trinajstić information content (AvgIpc) is 3.32. The molecule has 38 heavy (non-hydrogen) atoms. The Labute approximate surface area is 215 Å². The minimum atomic E-state index is -5.13. The maximum atomic E-state index is 13.2. The highest BCUT2D eigenvalue weighted by molar-refractivity contribution is 7.89. The minimum absolute atomic E-state index is 0.0385. The first-order chi connectivity index (χ1) is 17.7. The second-order valence-corrected chi connectivity index (χ2v) is 10.2. The lowest BCUT2D eigenvalue weighted by Gasteiger charge is -2.20. The smallest absolute Gasteiger partial charge is 0.325 e. The molecule has 200 valence electrons. The second-order valence-electron chi connectivity index (χ2n) is 8.04. The van der Waals surface area contributed by atoms with Gasteiger partial charge in [0.2, 0.25) is 15.9 Å². The Morgan fingerprint density at radius 3 is 2.11 bits per heavy atom. The molecule has 2 N–H and O–H groups in total. The molecule has 4 aromatic rings. The molecule has 0 aliphatic carbocycles. The number of anilines is 1. The second kappa shape index (κ2) is 10.3. The normalized spacial score (nSPS) is 13.4. The van der Waals surface area contributed by atoms with Crippen molar-refractivity contribution in [1.29, 1.82) is 0 Å². The number of sulfonamides is 1. The molecule has 15 heteroatoms. The molecule has 0 saturated heterocycles. The van der Waals surface area contributed by atoms with Gasteiger partial charge >= 0.3 is 12.4 Å². The van der Waals surface area contributed by atoms with Gasteiger partial charge in [-0.15, -0.1) is 0 Å². The van der Waals surface area contributed by atoms with Gasteiger partial charge in [-0.2, -0.15) is 39.8 Å². The predicted molar refractivity (Wildman–Crippen MR) is 127 cm³/mol. The van der Waals surface area contributed by atoms with Gasteiger partial charge in [-0.25, -0.2) is 8.42 Å². The summed E-state index contributed by atoms with van der Waals surface area (Å²) in [6.45, 7) is 0. The van der Waals surface area contributed by atoms with Crippen molar-refractivity contribution in [2.24, 2.45) is 0 Å². The van der Waals surface area contributed by atoms with Gasteiger partial charge in [0.15, 0.2) is 0 Å². The van der Waals surface area contributed by atoms with Crippen LogP contribution >= 0.6 is 11.7 Å². The van der Waals surface area contributed by atoms with Crippen LogP contribution in [0.1, 0.15) is 16.7 Å². The first kappa shape index (κ1) is 27.5. The van der Waals surface area contributed by atoms with Gasteiger partial charge in [0.25, 0.3) is 0 Å². The van der Waals surface area contributed by atoms with E-state index in [4.69, 9.17) is 0 Å². The number of hydrogen-bond acceptors (Lipinski definition) is 6. The molecule has 0 spiro atoms. The van der Waals surface area contributed by atoms with E-state index in [0.29, 0.717) is 17.7 Å². The Balaban J connectivity index is 1.70. The van der Waals surface area contributed by atoms with Gasteiger partial charge < -0.3 is 5.32 Å². The molecular weight excluding hydrogens is 558 g/mol. The van der Waals surface area contributed by atoms with Crippen molar-refractivity contribution < 1.29 is 39.6 Å². The Morgan fingerprint density at radius 1 is 0.868 bits per heavy atom. The molecule has 0 bridgehead atoms. The van der Waals surface area contributed by atoms with Crippen LogP contribution in [0.25, 0.3) is 11.0 Å². The molecule has 0 saturated carbocycles. The van der Waals surface area contributed by atoms with E-state index in [-0.39, 0.29) is 28.4 Å². The Hall–Kier alpha value is -3.56. The lowest BCUT2D eigenvalue weighted by Crippen LogP contribution is -2.45. The topological polar surface area (TPSA) is 101 Å². The highest BCUT2D eigenvalue weighted by Crippen LogP contribution is 2.37. The number of hydrogen-bond donors (Lipinski definition) is 2. The molecule has 4 rings (SSSR count). The number of halogens is 6. The number of aromatic nitrogens is 2. The van der Waals surface area contributed by atoms with Crippen LogP contribution < -0.4 is 10.0 Å². The van der Waals surface area contributed by atoms with E-state index in [2.05, 4.69) is 13.5 Å². The molecule has 1 amide bonds. The summed E-state index contributed by atoms with van der Waals surface area (Å²) in [5.74, 6) is -1.17. The molecule has 0 radical (unpaired) electrons. The van der Waals surface area contributed by atoms with E-state index in [1.165, 1.54) is 18.2 Å². The van der Waals surface area contributed by atoms with Gasteiger partial charge in [-0.1, -0.05) is 36.4 Å². The number of benzene rings is 3. The van der Waals surface area contributed by atoms with E-state index in [1.54, 1.807) is 30.3 Å². The van der Waals surface area contributed by atoms with E-state index < -0.39 is 51.1 Å². The van der Waals surface area contributed by atoms with E-state index in [0.717, 1.165) is 11.7 Å². The summed E-state index contributed by atoms with van der Waals surface area (Å²) in [6, 6.07) is 11.2. The first-order valence-corrected chi connectivity index (χ1v) is 12.8. The lowest BCUT2D eigenvalue weighted by atomic mass is 10.1. The summed E-state index contributed by atoms with van der Waals surface area (Å²) in [6.07, 6.45) is -10.5. The number of nitrogens with one attached hydrogen (secondary N) is 2. The van der Waals surface area contributed by atoms with Crippen molar-refractivity contribution in [2.45, 2.75) is 29.7 Å². The third kappa shape index (κ3) is 6.28. The zero-order valence-electron chi connectivity index (χ0n) is 18.8. The van der Waals surface area contributed by atoms with Crippen molar-refractivity contribution in [3.8, 4) is 0 Å². The highest BCUT2D eigenvalue weighted by Gasteiger charge is 2.37. The third-order valence-corrected chi connectivity index (χ3v) is 7.34. The number of rotatable bonds is 7. The number of alkyl halides is 6. The van der Waals surface area contributed by atoms with Gasteiger partial charge in [-0.3, -0.25) is 4.79 Å². The molecule has 3 aromatic carbocycles. The van der Waals surface area contributed by atoms with E-state index in [9.17, 15) is 39.6 Å². The molecular formula is C23H16F6N4O3S2. The van der Waals surface area contributed by atoms with Crippen LogP contribution in [0.3, 0.4) is 0 Å². The quantitative estimate of drug-likeness (QED) is 0.294. The number of nitrogens with zero attached hydrogens (tertiary/aromatic N) is 2. The van der Waals surface area contributed by atoms with Crippen LogP contribution in [-0.2, 0) is 33.6 Å². The highest BCUT2D eigenvalue weighted by atomic mass is 32.2. The van der Waals surface area contributed by atoms with Crippen molar-refractivity contribution in [3.63, 3.8) is 0 Å². The lowest BCUT2D eigenvalue weighted by molar-refractivity contribution is -0.143. The Kier molecular flexibility index (Phi) is 7.45. The van der Waals surface area contributed by atoms with Crippen LogP contribution in [0.4, 0.5) is 32.0 Å². The molecule has 0 aliphatic heterocycles. The monoisotopic (exact) mass is 574 g/mol. The summed E-state index contributed by atoms with van der Waals surface area (Å²) < 4.78 is 116. The molecule has 1 atom stereocenters. The molecule has 0 aliphatic rings. The summed E-state index contributed by atoms with van der Waals surface area (Å²) >= 11 is 0.764. The number of carbonyl (C=O) groups excluding carboxylic acids is 1. The van der Waals surface area contributed by atoms with Gasteiger partial charge in [0.05, 0.1) is 22.9 Å². The SMILES string of the molecule is O=C(Nc1cc(C(F)(F)F)cc(C(F)(F)F)c1)C(Cc1ccccc1)NS(=O)(=O)c1cccc2nsnc12. The Morgan fingerprint density at radius 2 is 1.50 bits per heavy atom. The predicted octanol–water partition coefficient (Wildman–Crippen LogP) is 5.26. The standard InChI is InChI=1S/C23H16F6N4O3S2/c24-22(25,26)14-10-15(23(27,28)29)12-16(11-14)30-21(34)18(9-13-5-2-1-3-6-13)33-38(35,36)19-8-4-7-17-20(19)32-37-31-17/h1-8,10-12,18,33H,9H2,(H,30,34). The van der Waals surface area contributed by atoms with Crippen LogP contribution in [-0.4, -0.2) is 29.1 Å². The number of amides is 1.